The fourth-order valence-corrected chi connectivity index (χ4v) is 1.80. The molecule has 1 N–H and O–H groups in total. The second-order valence-electron chi connectivity index (χ2n) is 4.27. The third-order valence-corrected chi connectivity index (χ3v) is 2.79. The summed E-state index contributed by atoms with van der Waals surface area (Å²) in [6.45, 7) is 0. The van der Waals surface area contributed by atoms with Gasteiger partial charge in [0.2, 0.25) is 11.7 Å². The fraction of sp³-hybridized carbons (Fsp3) is 0.231. The molecular formula is C13H10F2N2O3. The number of aromatic nitrogens is 2. The molecule has 1 atom stereocenters. The average molecular weight is 280 g/mol. The van der Waals surface area contributed by atoms with Crippen molar-refractivity contribution in [2.24, 2.45) is 0 Å². The molecule has 104 valence electrons. The Labute approximate surface area is 111 Å². The Balaban J connectivity index is 1.86. The number of rotatable bonds is 4. The second kappa shape index (κ2) is 5.01. The minimum atomic E-state index is -2.85. The first-order valence-electron chi connectivity index (χ1n) is 5.91. The summed E-state index contributed by atoms with van der Waals surface area (Å²) in [6, 6.07) is 9.08. The van der Waals surface area contributed by atoms with Crippen LogP contribution >= 0.6 is 0 Å². The number of aliphatic hydroxyl groups is 1. The average Bonchev–Trinajstić information content (AvgIpc) is 3.03. The van der Waals surface area contributed by atoms with E-state index in [1.807, 2.05) is 18.2 Å². The summed E-state index contributed by atoms with van der Waals surface area (Å²) in [7, 11) is 0. The number of para-hydroxylation sites is 1. The third kappa shape index (κ3) is 2.39. The van der Waals surface area contributed by atoms with Crippen molar-refractivity contribution in [1.82, 2.24) is 10.1 Å². The van der Waals surface area contributed by atoms with E-state index in [-0.39, 0.29) is 11.7 Å². The lowest BCUT2D eigenvalue weighted by Gasteiger charge is -2.04. The van der Waals surface area contributed by atoms with E-state index >= 15 is 0 Å². The van der Waals surface area contributed by atoms with Gasteiger partial charge in [-0.2, -0.15) is 4.98 Å². The molecule has 3 aromatic rings. The molecule has 20 heavy (non-hydrogen) atoms. The minimum Gasteiger partial charge on any atom is -0.453 e. The number of hydrogen-bond acceptors (Lipinski definition) is 5. The standard InChI is InChI=1S/C13H10F2N2O3/c14-12(15)8(18)6-11-16-13(17-20-11)10-5-7-3-1-2-4-9(7)19-10/h1-5,8,12,18H,6H2. The van der Waals surface area contributed by atoms with Crippen molar-refractivity contribution in [3.8, 4) is 11.6 Å². The Morgan fingerprint density at radius 1 is 1.25 bits per heavy atom. The van der Waals surface area contributed by atoms with Gasteiger partial charge in [0.1, 0.15) is 11.7 Å². The van der Waals surface area contributed by atoms with Crippen LogP contribution in [-0.4, -0.2) is 27.8 Å². The number of alkyl halides is 2. The number of nitrogens with zero attached hydrogens (tertiary/aromatic N) is 2. The molecule has 0 amide bonds. The molecule has 5 nitrogen and oxygen atoms in total. The first-order chi connectivity index (χ1) is 9.63. The monoisotopic (exact) mass is 280 g/mol. The fourth-order valence-electron chi connectivity index (χ4n) is 1.80. The van der Waals surface area contributed by atoms with Crippen molar-refractivity contribution >= 4 is 11.0 Å². The topological polar surface area (TPSA) is 72.3 Å². The van der Waals surface area contributed by atoms with Crippen molar-refractivity contribution < 1.29 is 22.8 Å². The van der Waals surface area contributed by atoms with Crippen LogP contribution in [0, 0.1) is 0 Å². The van der Waals surface area contributed by atoms with E-state index in [9.17, 15) is 8.78 Å². The molecule has 1 unspecified atom stereocenters. The Bertz CT molecular complexity index is 690. The highest BCUT2D eigenvalue weighted by atomic mass is 19.3. The lowest BCUT2D eigenvalue weighted by atomic mass is 10.2. The molecular weight excluding hydrogens is 270 g/mol. The zero-order valence-electron chi connectivity index (χ0n) is 10.2. The molecule has 0 spiro atoms. The number of hydrogen-bond donors (Lipinski definition) is 1. The van der Waals surface area contributed by atoms with E-state index in [0.29, 0.717) is 11.3 Å². The summed E-state index contributed by atoms with van der Waals surface area (Å²) in [5, 5.41) is 13.6. The van der Waals surface area contributed by atoms with Gasteiger partial charge in [0.05, 0.1) is 6.42 Å². The molecule has 0 saturated heterocycles. The van der Waals surface area contributed by atoms with Gasteiger partial charge in [-0.3, -0.25) is 0 Å². The Morgan fingerprint density at radius 3 is 2.80 bits per heavy atom. The van der Waals surface area contributed by atoms with Crippen LogP contribution < -0.4 is 0 Å². The van der Waals surface area contributed by atoms with Crippen LogP contribution in [-0.2, 0) is 6.42 Å². The molecule has 0 fully saturated rings. The molecule has 3 rings (SSSR count). The summed E-state index contributed by atoms with van der Waals surface area (Å²) >= 11 is 0. The Kier molecular flexibility index (Phi) is 3.19. The summed E-state index contributed by atoms with van der Waals surface area (Å²) < 4.78 is 34.8. The largest absolute Gasteiger partial charge is 0.453 e. The van der Waals surface area contributed by atoms with Crippen LogP contribution in [0.15, 0.2) is 39.3 Å². The van der Waals surface area contributed by atoms with Crippen molar-refractivity contribution in [2.75, 3.05) is 0 Å². The molecule has 0 aliphatic carbocycles. The van der Waals surface area contributed by atoms with E-state index in [1.165, 1.54) is 0 Å². The van der Waals surface area contributed by atoms with Gasteiger partial charge in [0, 0.05) is 5.39 Å². The van der Waals surface area contributed by atoms with Crippen molar-refractivity contribution in [1.29, 1.82) is 0 Å². The zero-order valence-corrected chi connectivity index (χ0v) is 10.2. The number of halogens is 2. The van der Waals surface area contributed by atoms with Gasteiger partial charge in [-0.1, -0.05) is 23.4 Å². The van der Waals surface area contributed by atoms with Crippen LogP contribution in [0.5, 0.6) is 0 Å². The van der Waals surface area contributed by atoms with Crippen LogP contribution in [0.3, 0.4) is 0 Å². The normalized spacial score (nSPS) is 13.2. The lowest BCUT2D eigenvalue weighted by molar-refractivity contribution is -0.00754. The van der Waals surface area contributed by atoms with Crippen LogP contribution in [0.2, 0.25) is 0 Å². The lowest BCUT2D eigenvalue weighted by Crippen LogP contribution is -2.20. The van der Waals surface area contributed by atoms with Crippen LogP contribution in [0.1, 0.15) is 5.89 Å². The van der Waals surface area contributed by atoms with E-state index < -0.39 is 19.0 Å². The number of benzene rings is 1. The van der Waals surface area contributed by atoms with Gasteiger partial charge in [-0.05, 0) is 12.1 Å². The molecule has 2 heterocycles. The van der Waals surface area contributed by atoms with Crippen molar-refractivity contribution in [3.05, 3.63) is 36.2 Å². The van der Waals surface area contributed by atoms with Gasteiger partial charge in [-0.15, -0.1) is 0 Å². The number of furan rings is 1. The highest BCUT2D eigenvalue weighted by Gasteiger charge is 2.21. The van der Waals surface area contributed by atoms with Gasteiger partial charge < -0.3 is 14.0 Å². The quantitative estimate of drug-likeness (QED) is 0.795. The molecule has 2 aromatic heterocycles. The summed E-state index contributed by atoms with van der Waals surface area (Å²) in [5.41, 5.74) is 0.668. The molecule has 1 aromatic carbocycles. The maximum atomic E-state index is 12.2. The Hall–Kier alpha value is -2.28. The second-order valence-corrected chi connectivity index (χ2v) is 4.27. The number of aliphatic hydroxyl groups excluding tert-OH is 1. The van der Waals surface area contributed by atoms with Crippen molar-refractivity contribution in [3.63, 3.8) is 0 Å². The van der Waals surface area contributed by atoms with Gasteiger partial charge in [0.25, 0.3) is 6.43 Å². The highest BCUT2D eigenvalue weighted by molar-refractivity contribution is 5.81. The predicted octanol–water partition coefficient (Wildman–Crippen LogP) is 2.65. The van der Waals surface area contributed by atoms with Crippen LogP contribution in [0.4, 0.5) is 8.78 Å². The van der Waals surface area contributed by atoms with Gasteiger partial charge in [-0.25, -0.2) is 8.78 Å². The summed E-state index contributed by atoms with van der Waals surface area (Å²) in [5.74, 6) is 0.485. The van der Waals surface area contributed by atoms with E-state index in [2.05, 4.69) is 10.1 Å². The number of fused-ring (bicyclic) bond motifs is 1. The first kappa shape index (κ1) is 12.7. The van der Waals surface area contributed by atoms with E-state index in [1.54, 1.807) is 12.1 Å². The maximum Gasteiger partial charge on any atom is 0.264 e. The molecule has 0 radical (unpaired) electrons. The highest BCUT2D eigenvalue weighted by Crippen LogP contribution is 2.25. The molecule has 0 aliphatic heterocycles. The first-order valence-corrected chi connectivity index (χ1v) is 5.91. The summed E-state index contributed by atoms with van der Waals surface area (Å²) in [4.78, 5) is 3.93. The molecule has 0 bridgehead atoms. The molecule has 7 heteroatoms. The maximum absolute atomic E-state index is 12.2. The Morgan fingerprint density at radius 2 is 2.05 bits per heavy atom. The zero-order chi connectivity index (χ0) is 14.1. The summed E-state index contributed by atoms with van der Waals surface area (Å²) in [6.07, 6.45) is -5.07. The molecule has 0 aliphatic rings. The smallest absolute Gasteiger partial charge is 0.264 e. The SMILES string of the molecule is OC(Cc1nc(-c2cc3ccccc3o2)no1)C(F)F. The van der Waals surface area contributed by atoms with Gasteiger partial charge in [0.15, 0.2) is 5.76 Å². The molecule has 0 saturated carbocycles. The van der Waals surface area contributed by atoms with Crippen LogP contribution in [0.25, 0.3) is 22.6 Å². The minimum absolute atomic E-state index is 0.0618. The predicted molar refractivity (Wildman–Crippen MR) is 65.2 cm³/mol. The van der Waals surface area contributed by atoms with Gasteiger partial charge >= 0.3 is 0 Å². The van der Waals surface area contributed by atoms with E-state index in [4.69, 9.17) is 14.0 Å². The van der Waals surface area contributed by atoms with Crippen molar-refractivity contribution in [2.45, 2.75) is 19.0 Å². The van der Waals surface area contributed by atoms with E-state index in [0.717, 1.165) is 5.39 Å². The third-order valence-electron chi connectivity index (χ3n) is 2.79.